The molecule has 1 aromatic carbocycles. The van der Waals surface area contributed by atoms with Gasteiger partial charge in [-0.05, 0) is 17.7 Å². The molecule has 1 saturated heterocycles. The largest absolute Gasteiger partial charge is 0.382 e. The topological polar surface area (TPSA) is 90.6 Å². The summed E-state index contributed by atoms with van der Waals surface area (Å²) >= 11 is 0. The predicted octanol–water partition coefficient (Wildman–Crippen LogP) is 1.42. The quantitative estimate of drug-likeness (QED) is 0.913. The third-order valence-electron chi connectivity index (χ3n) is 3.90. The Bertz CT molecular complexity index is 722. The first kappa shape index (κ1) is 16.4. The smallest absolute Gasteiger partial charge is 0.254 e. The molecule has 1 amide bonds. The van der Waals surface area contributed by atoms with Crippen molar-refractivity contribution in [3.05, 3.63) is 53.5 Å². The van der Waals surface area contributed by atoms with E-state index in [1.165, 1.54) is 6.20 Å². The van der Waals surface area contributed by atoms with Crippen LogP contribution in [0.3, 0.4) is 0 Å². The van der Waals surface area contributed by atoms with Gasteiger partial charge in [0.15, 0.2) is 0 Å². The lowest BCUT2D eigenvalue weighted by Gasteiger charge is -2.33. The van der Waals surface area contributed by atoms with E-state index in [1.807, 2.05) is 24.3 Å². The second-order valence-corrected chi connectivity index (χ2v) is 5.57. The number of carbonyl (C=O) groups excluding carboxylic acids is 1. The lowest BCUT2D eigenvalue weighted by atomic mass is 10.1. The second-order valence-electron chi connectivity index (χ2n) is 5.57. The van der Waals surface area contributed by atoms with E-state index < -0.39 is 0 Å². The number of hydrogen-bond donors (Lipinski definition) is 1. The molecule has 0 bridgehead atoms. The van der Waals surface area contributed by atoms with Gasteiger partial charge in [0.1, 0.15) is 17.6 Å². The van der Waals surface area contributed by atoms with Crippen molar-refractivity contribution in [1.29, 1.82) is 0 Å². The Morgan fingerprint density at radius 2 is 2.25 bits per heavy atom. The fourth-order valence-electron chi connectivity index (χ4n) is 2.75. The maximum atomic E-state index is 12.8. The molecule has 0 spiro atoms. The standard InChI is InChI=1S/C17H20N4O3/c1-23-11-12-3-2-4-13(9-12)17(22)21-7-8-24-14(10-21)15-16(18)20-6-5-19-15/h2-6,9,14H,7-8,10-11H2,1H3,(H2,18,20)/t14-/m1/s1. The summed E-state index contributed by atoms with van der Waals surface area (Å²) in [4.78, 5) is 22.8. The summed E-state index contributed by atoms with van der Waals surface area (Å²) in [6, 6.07) is 7.46. The number of benzene rings is 1. The van der Waals surface area contributed by atoms with Gasteiger partial charge in [0.2, 0.25) is 0 Å². The minimum atomic E-state index is -0.362. The van der Waals surface area contributed by atoms with Gasteiger partial charge in [-0.2, -0.15) is 0 Å². The van der Waals surface area contributed by atoms with E-state index >= 15 is 0 Å². The van der Waals surface area contributed by atoms with Gasteiger partial charge in [0.25, 0.3) is 5.91 Å². The Morgan fingerprint density at radius 1 is 1.42 bits per heavy atom. The van der Waals surface area contributed by atoms with Gasteiger partial charge in [-0.25, -0.2) is 4.98 Å². The number of ether oxygens (including phenoxy) is 2. The Labute approximate surface area is 140 Å². The minimum absolute atomic E-state index is 0.0382. The van der Waals surface area contributed by atoms with Crippen LogP contribution in [0.2, 0.25) is 0 Å². The number of anilines is 1. The molecule has 2 N–H and O–H groups in total. The van der Waals surface area contributed by atoms with Crippen molar-refractivity contribution < 1.29 is 14.3 Å². The first-order valence-corrected chi connectivity index (χ1v) is 7.74. The maximum Gasteiger partial charge on any atom is 0.254 e. The molecular formula is C17H20N4O3. The van der Waals surface area contributed by atoms with Crippen LogP contribution in [0.25, 0.3) is 0 Å². The zero-order chi connectivity index (χ0) is 16.9. The summed E-state index contributed by atoms with van der Waals surface area (Å²) in [6.07, 6.45) is 2.74. The summed E-state index contributed by atoms with van der Waals surface area (Å²) in [5.41, 5.74) is 8.04. The van der Waals surface area contributed by atoms with Gasteiger partial charge >= 0.3 is 0 Å². The molecule has 1 aromatic heterocycles. The summed E-state index contributed by atoms with van der Waals surface area (Å²) in [7, 11) is 1.63. The van der Waals surface area contributed by atoms with E-state index in [0.29, 0.717) is 43.4 Å². The fraction of sp³-hybridized carbons (Fsp3) is 0.353. The lowest BCUT2D eigenvalue weighted by molar-refractivity contribution is -0.0245. The summed E-state index contributed by atoms with van der Waals surface area (Å²) in [6.45, 7) is 1.84. The van der Waals surface area contributed by atoms with Crippen LogP contribution in [-0.2, 0) is 16.1 Å². The summed E-state index contributed by atoms with van der Waals surface area (Å²) in [5.74, 6) is 0.294. The van der Waals surface area contributed by atoms with E-state index in [4.69, 9.17) is 15.2 Å². The first-order valence-electron chi connectivity index (χ1n) is 7.74. The Morgan fingerprint density at radius 3 is 3.04 bits per heavy atom. The molecule has 7 heteroatoms. The van der Waals surface area contributed by atoms with Crippen LogP contribution in [0, 0.1) is 0 Å². The highest BCUT2D eigenvalue weighted by Crippen LogP contribution is 2.24. The van der Waals surface area contributed by atoms with Crippen LogP contribution in [0.4, 0.5) is 5.82 Å². The van der Waals surface area contributed by atoms with Crippen LogP contribution >= 0.6 is 0 Å². The molecule has 3 rings (SSSR count). The van der Waals surface area contributed by atoms with Crippen molar-refractivity contribution in [2.24, 2.45) is 0 Å². The molecule has 0 aliphatic carbocycles. The normalized spacial score (nSPS) is 17.7. The van der Waals surface area contributed by atoms with Crippen molar-refractivity contribution >= 4 is 11.7 Å². The SMILES string of the molecule is COCc1cccc(C(=O)N2CCO[C@@H](c3nccnc3N)C2)c1. The molecule has 1 aliphatic rings. The highest BCUT2D eigenvalue weighted by molar-refractivity contribution is 5.94. The lowest BCUT2D eigenvalue weighted by Crippen LogP contribution is -2.42. The van der Waals surface area contributed by atoms with Gasteiger partial charge in [-0.3, -0.25) is 9.78 Å². The number of nitrogens with zero attached hydrogens (tertiary/aromatic N) is 3. The average Bonchev–Trinajstić information content (AvgIpc) is 2.62. The number of rotatable bonds is 4. The number of nitrogens with two attached hydrogens (primary N) is 1. The van der Waals surface area contributed by atoms with Gasteiger partial charge in [0.05, 0.1) is 19.8 Å². The second kappa shape index (κ2) is 7.37. The maximum absolute atomic E-state index is 12.8. The molecular weight excluding hydrogens is 308 g/mol. The van der Waals surface area contributed by atoms with Crippen LogP contribution in [0.15, 0.2) is 36.7 Å². The highest BCUT2D eigenvalue weighted by Gasteiger charge is 2.28. The van der Waals surface area contributed by atoms with E-state index in [2.05, 4.69) is 9.97 Å². The highest BCUT2D eigenvalue weighted by atomic mass is 16.5. The Kier molecular flexibility index (Phi) is 5.02. The third-order valence-corrected chi connectivity index (χ3v) is 3.90. The van der Waals surface area contributed by atoms with E-state index in [1.54, 1.807) is 18.2 Å². The molecule has 126 valence electrons. The fourth-order valence-corrected chi connectivity index (χ4v) is 2.75. The van der Waals surface area contributed by atoms with E-state index in [0.717, 1.165) is 5.56 Å². The van der Waals surface area contributed by atoms with Gasteiger partial charge in [0, 0.05) is 31.6 Å². The Hall–Kier alpha value is -2.51. The van der Waals surface area contributed by atoms with Crippen LogP contribution in [-0.4, -0.2) is 47.6 Å². The predicted molar refractivity (Wildman–Crippen MR) is 88.2 cm³/mol. The van der Waals surface area contributed by atoms with Gasteiger partial charge < -0.3 is 20.1 Å². The molecule has 24 heavy (non-hydrogen) atoms. The molecule has 1 fully saturated rings. The molecule has 1 aliphatic heterocycles. The van der Waals surface area contributed by atoms with E-state index in [-0.39, 0.29) is 12.0 Å². The molecule has 1 atom stereocenters. The Balaban J connectivity index is 1.76. The van der Waals surface area contributed by atoms with Crippen LogP contribution in [0.1, 0.15) is 27.7 Å². The number of nitrogen functional groups attached to an aromatic ring is 1. The number of aromatic nitrogens is 2. The average molecular weight is 328 g/mol. The molecule has 7 nitrogen and oxygen atoms in total. The third kappa shape index (κ3) is 3.52. The first-order chi connectivity index (χ1) is 11.7. The molecule has 0 saturated carbocycles. The van der Waals surface area contributed by atoms with E-state index in [9.17, 15) is 4.79 Å². The number of carbonyl (C=O) groups is 1. The molecule has 2 aromatic rings. The monoisotopic (exact) mass is 328 g/mol. The van der Waals surface area contributed by atoms with Crippen molar-refractivity contribution in [2.75, 3.05) is 32.5 Å². The van der Waals surface area contributed by atoms with Crippen LogP contribution < -0.4 is 5.73 Å². The molecule has 0 unspecified atom stereocenters. The molecule has 0 radical (unpaired) electrons. The summed E-state index contributed by atoms with van der Waals surface area (Å²) in [5, 5.41) is 0. The number of methoxy groups -OCH3 is 1. The number of amides is 1. The molecule has 2 heterocycles. The zero-order valence-electron chi connectivity index (χ0n) is 13.5. The number of hydrogen-bond acceptors (Lipinski definition) is 6. The van der Waals surface area contributed by atoms with Crippen molar-refractivity contribution in [1.82, 2.24) is 14.9 Å². The van der Waals surface area contributed by atoms with Crippen molar-refractivity contribution in [3.8, 4) is 0 Å². The van der Waals surface area contributed by atoms with Gasteiger partial charge in [-0.1, -0.05) is 12.1 Å². The summed E-state index contributed by atoms with van der Waals surface area (Å²) < 4.78 is 10.8. The zero-order valence-corrected chi connectivity index (χ0v) is 13.5. The van der Waals surface area contributed by atoms with Gasteiger partial charge in [-0.15, -0.1) is 0 Å². The van der Waals surface area contributed by atoms with Crippen molar-refractivity contribution in [2.45, 2.75) is 12.7 Å². The van der Waals surface area contributed by atoms with Crippen molar-refractivity contribution in [3.63, 3.8) is 0 Å². The van der Waals surface area contributed by atoms with Crippen LogP contribution in [0.5, 0.6) is 0 Å². The minimum Gasteiger partial charge on any atom is -0.382 e. The number of morpholine rings is 1.